The maximum Gasteiger partial charge on any atom is 0.426 e. The van der Waals surface area contributed by atoms with Crippen LogP contribution in [0.1, 0.15) is 6.92 Å². The highest BCUT2D eigenvalue weighted by atomic mass is 19.3. The van der Waals surface area contributed by atoms with Crippen LogP contribution in [-0.4, -0.2) is 11.2 Å². The second-order valence-corrected chi connectivity index (χ2v) is 5.43. The van der Waals surface area contributed by atoms with E-state index in [0.29, 0.717) is 11.6 Å². The van der Waals surface area contributed by atoms with E-state index in [2.05, 4.69) is 31.1 Å². The molecular formula is C20H18F4O2. The summed E-state index contributed by atoms with van der Waals surface area (Å²) < 4.78 is 59.4. The highest BCUT2D eigenvalue weighted by Gasteiger charge is 2.34. The van der Waals surface area contributed by atoms with Crippen molar-refractivity contribution in [2.24, 2.45) is 0 Å². The third kappa shape index (κ3) is 5.81. The number of phenols is 1. The topological polar surface area (TPSA) is 29.5 Å². The van der Waals surface area contributed by atoms with Crippen molar-refractivity contribution >= 4 is 0 Å². The van der Waals surface area contributed by atoms with E-state index in [1.54, 1.807) is 6.92 Å². The third-order valence-corrected chi connectivity index (χ3v) is 3.07. The van der Waals surface area contributed by atoms with Gasteiger partial charge in [-0.15, -0.1) is 0 Å². The van der Waals surface area contributed by atoms with Crippen LogP contribution < -0.4 is 4.74 Å². The number of rotatable bonds is 8. The van der Waals surface area contributed by atoms with Crippen LogP contribution in [0.25, 0.3) is 0 Å². The zero-order valence-corrected chi connectivity index (χ0v) is 14.2. The first-order valence-corrected chi connectivity index (χ1v) is 7.28. The van der Waals surface area contributed by atoms with Crippen LogP contribution in [0, 0.1) is 5.82 Å². The van der Waals surface area contributed by atoms with Crippen LogP contribution in [0.5, 0.6) is 11.5 Å². The fraction of sp³-hybridized carbons (Fsp3) is 0.100. The summed E-state index contributed by atoms with van der Waals surface area (Å²) in [6, 6.07) is 2.46. The Labute approximate surface area is 149 Å². The molecule has 6 heteroatoms. The number of allylic oxidation sites excluding steroid dienone is 6. The molecule has 0 heterocycles. The monoisotopic (exact) mass is 366 g/mol. The van der Waals surface area contributed by atoms with E-state index in [1.807, 2.05) is 0 Å². The molecule has 138 valence electrons. The number of halogens is 4. The molecule has 1 aromatic carbocycles. The fourth-order valence-electron chi connectivity index (χ4n) is 1.62. The Kier molecular flexibility index (Phi) is 6.78. The summed E-state index contributed by atoms with van der Waals surface area (Å²) in [6.45, 7) is 15.3. The lowest BCUT2D eigenvalue weighted by Crippen LogP contribution is -2.26. The highest BCUT2D eigenvalue weighted by molar-refractivity contribution is 5.48. The summed E-state index contributed by atoms with van der Waals surface area (Å²) in [5.74, 6) is -3.00. The van der Waals surface area contributed by atoms with E-state index < -0.39 is 34.8 Å². The van der Waals surface area contributed by atoms with Gasteiger partial charge in [0.1, 0.15) is 11.6 Å². The average molecular weight is 366 g/mol. The third-order valence-electron chi connectivity index (χ3n) is 3.07. The Morgan fingerprint density at radius 2 is 1.77 bits per heavy atom. The smallest absolute Gasteiger partial charge is 0.426 e. The Bertz CT molecular complexity index is 817. The van der Waals surface area contributed by atoms with Crippen LogP contribution in [0.4, 0.5) is 17.6 Å². The van der Waals surface area contributed by atoms with Gasteiger partial charge in [-0.25, -0.2) is 8.78 Å². The second kappa shape index (κ2) is 8.38. The fourth-order valence-corrected chi connectivity index (χ4v) is 1.62. The van der Waals surface area contributed by atoms with E-state index in [4.69, 9.17) is 5.11 Å². The molecule has 0 aliphatic carbocycles. The van der Waals surface area contributed by atoms with Crippen LogP contribution in [0.15, 0.2) is 90.9 Å². The van der Waals surface area contributed by atoms with Gasteiger partial charge in [0, 0.05) is 11.6 Å². The van der Waals surface area contributed by atoms with Gasteiger partial charge >= 0.3 is 6.11 Å². The van der Waals surface area contributed by atoms with Crippen LogP contribution in [-0.2, 0) is 0 Å². The number of aromatic hydroxyl groups is 1. The van der Waals surface area contributed by atoms with Crippen molar-refractivity contribution in [1.82, 2.24) is 0 Å². The first-order chi connectivity index (χ1) is 11.9. The lowest BCUT2D eigenvalue weighted by molar-refractivity contribution is -0.138. The molecule has 0 amide bonds. The molecule has 0 aliphatic heterocycles. The second-order valence-electron chi connectivity index (χ2n) is 5.43. The molecular weight excluding hydrogens is 348 g/mol. The van der Waals surface area contributed by atoms with Crippen LogP contribution in [0.2, 0.25) is 0 Å². The molecule has 0 fully saturated rings. The Morgan fingerprint density at radius 1 is 1.15 bits per heavy atom. The first-order valence-electron chi connectivity index (χ1n) is 7.28. The van der Waals surface area contributed by atoms with Gasteiger partial charge in [0.2, 0.25) is 0 Å². The van der Waals surface area contributed by atoms with Crippen LogP contribution >= 0.6 is 0 Å². The van der Waals surface area contributed by atoms with Crippen molar-refractivity contribution in [2.45, 2.75) is 13.0 Å². The molecule has 0 spiro atoms. The molecule has 0 saturated carbocycles. The number of hydrogen-bond donors (Lipinski definition) is 1. The average Bonchev–Trinajstić information content (AvgIpc) is 2.53. The van der Waals surface area contributed by atoms with Gasteiger partial charge in [-0.2, -0.15) is 8.78 Å². The largest absolute Gasteiger partial charge is 0.505 e. The molecule has 0 saturated heterocycles. The van der Waals surface area contributed by atoms with E-state index in [-0.39, 0.29) is 11.1 Å². The van der Waals surface area contributed by atoms with Gasteiger partial charge in [-0.3, -0.25) is 0 Å². The summed E-state index contributed by atoms with van der Waals surface area (Å²) >= 11 is 0. The van der Waals surface area contributed by atoms with Gasteiger partial charge in [0.25, 0.3) is 0 Å². The maximum atomic E-state index is 14.0. The minimum atomic E-state index is -3.87. The molecule has 0 aliphatic rings. The Hall–Kier alpha value is -3.02. The lowest BCUT2D eigenvalue weighted by Gasteiger charge is -2.18. The Balaban J connectivity index is 2.85. The summed E-state index contributed by atoms with van der Waals surface area (Å²) in [7, 11) is 0. The molecule has 0 atom stereocenters. The van der Waals surface area contributed by atoms with E-state index >= 15 is 0 Å². The highest BCUT2D eigenvalue weighted by Crippen LogP contribution is 2.31. The molecule has 26 heavy (non-hydrogen) atoms. The van der Waals surface area contributed by atoms with Gasteiger partial charge in [0.15, 0.2) is 11.6 Å². The molecule has 0 radical (unpaired) electrons. The molecule has 1 rings (SSSR count). The van der Waals surface area contributed by atoms with Crippen LogP contribution in [0.3, 0.4) is 0 Å². The van der Waals surface area contributed by atoms with Crippen molar-refractivity contribution in [2.75, 3.05) is 0 Å². The SMILES string of the molecule is C=C(C)/C=C(/F)C(=C)C(=C)/C=C\C(=C)C(F)(F)Oc1ccc(O)c(F)c1. The summed E-state index contributed by atoms with van der Waals surface area (Å²) in [6.07, 6.45) is -0.746. The van der Waals surface area contributed by atoms with Gasteiger partial charge in [-0.1, -0.05) is 38.0 Å². The van der Waals surface area contributed by atoms with Crippen molar-refractivity contribution < 1.29 is 27.4 Å². The zero-order chi connectivity index (χ0) is 20.1. The van der Waals surface area contributed by atoms with E-state index in [1.165, 1.54) is 0 Å². The predicted octanol–water partition coefficient (Wildman–Crippen LogP) is 6.16. The zero-order valence-electron chi connectivity index (χ0n) is 14.2. The Morgan fingerprint density at radius 3 is 2.31 bits per heavy atom. The van der Waals surface area contributed by atoms with Gasteiger partial charge in [0.05, 0.1) is 5.57 Å². The molecule has 1 N–H and O–H groups in total. The van der Waals surface area contributed by atoms with E-state index in [0.717, 1.165) is 30.4 Å². The molecule has 0 unspecified atom stereocenters. The number of benzene rings is 1. The lowest BCUT2D eigenvalue weighted by atomic mass is 10.1. The summed E-state index contributed by atoms with van der Waals surface area (Å²) in [5, 5.41) is 9.04. The number of alkyl halides is 2. The number of hydrogen-bond acceptors (Lipinski definition) is 2. The van der Waals surface area contributed by atoms with Crippen molar-refractivity contribution in [1.29, 1.82) is 0 Å². The van der Waals surface area contributed by atoms with Crippen molar-refractivity contribution in [3.63, 3.8) is 0 Å². The van der Waals surface area contributed by atoms with Gasteiger partial charge < -0.3 is 9.84 Å². The molecule has 1 aromatic rings. The molecule has 0 aromatic heterocycles. The predicted molar refractivity (Wildman–Crippen MR) is 94.2 cm³/mol. The first kappa shape index (κ1) is 21.0. The minimum Gasteiger partial charge on any atom is -0.505 e. The van der Waals surface area contributed by atoms with Crippen molar-refractivity contribution in [3.8, 4) is 11.5 Å². The minimum absolute atomic E-state index is 0.0487. The van der Waals surface area contributed by atoms with E-state index in [9.17, 15) is 17.6 Å². The quantitative estimate of drug-likeness (QED) is 0.441. The maximum absolute atomic E-state index is 14.0. The standard InChI is InChI=1S/C20H18F4O2/c1-12(2)10-17(21)15(5)13(3)6-7-14(4)20(23,24)26-16-8-9-19(25)18(22)11-16/h6-11,25H,1,3-5H2,2H3/b7-6-,17-10+. The molecule has 2 nitrogen and oxygen atoms in total. The number of ether oxygens (including phenoxy) is 1. The van der Waals surface area contributed by atoms with Crippen molar-refractivity contribution in [3.05, 3.63) is 96.7 Å². The summed E-state index contributed by atoms with van der Waals surface area (Å²) in [4.78, 5) is 0. The molecule has 0 bridgehead atoms. The number of phenolic OH excluding ortho intramolecular Hbond substituents is 1. The summed E-state index contributed by atoms with van der Waals surface area (Å²) in [5.41, 5.74) is -0.371. The van der Waals surface area contributed by atoms with Gasteiger partial charge in [-0.05, 0) is 36.8 Å². The normalized spacial score (nSPS) is 12.1.